The van der Waals surface area contributed by atoms with E-state index in [9.17, 15) is 0 Å². The van der Waals surface area contributed by atoms with Gasteiger partial charge < -0.3 is 5.32 Å². The predicted molar refractivity (Wildman–Crippen MR) is 50.0 cm³/mol. The molecule has 70 valence electrons. The number of aryl methyl sites for hydroxylation is 1. The van der Waals surface area contributed by atoms with E-state index in [0.717, 1.165) is 24.3 Å². The van der Waals surface area contributed by atoms with Crippen molar-refractivity contribution in [2.45, 2.75) is 26.4 Å². The highest BCUT2D eigenvalue weighted by molar-refractivity contribution is 5.20. The van der Waals surface area contributed by atoms with E-state index in [2.05, 4.69) is 16.5 Å². The van der Waals surface area contributed by atoms with Gasteiger partial charge >= 0.3 is 0 Å². The van der Waals surface area contributed by atoms with Gasteiger partial charge in [-0.05, 0) is 14.0 Å². The fourth-order valence-corrected chi connectivity index (χ4v) is 1.21. The van der Waals surface area contributed by atoms with Gasteiger partial charge in [0.05, 0.1) is 18.2 Å². The number of nitriles is 1. The van der Waals surface area contributed by atoms with Crippen LogP contribution >= 0.6 is 0 Å². The van der Waals surface area contributed by atoms with E-state index in [1.165, 1.54) is 0 Å². The molecule has 0 saturated carbocycles. The lowest BCUT2D eigenvalue weighted by atomic mass is 10.2. The number of hydrogen-bond donors (Lipinski definition) is 1. The Balaban J connectivity index is 2.87. The van der Waals surface area contributed by atoms with Crippen LogP contribution in [-0.4, -0.2) is 16.8 Å². The van der Waals surface area contributed by atoms with Gasteiger partial charge in [-0.2, -0.15) is 10.4 Å². The molecule has 0 aliphatic heterocycles. The minimum absolute atomic E-state index is 0.441. The molecule has 0 aromatic carbocycles. The lowest BCUT2D eigenvalue weighted by molar-refractivity contribution is 0.637. The molecule has 1 heterocycles. The fraction of sp³-hybridized carbons (Fsp3) is 0.556. The molecule has 1 aromatic heterocycles. The first kappa shape index (κ1) is 9.75. The normalized spacial score (nSPS) is 9.92. The summed E-state index contributed by atoms with van der Waals surface area (Å²) in [4.78, 5) is 0. The second-order valence-corrected chi connectivity index (χ2v) is 2.82. The van der Waals surface area contributed by atoms with Crippen molar-refractivity contribution in [3.63, 3.8) is 0 Å². The van der Waals surface area contributed by atoms with Crippen molar-refractivity contribution in [2.24, 2.45) is 0 Å². The van der Waals surface area contributed by atoms with Crippen LogP contribution in [0.4, 0.5) is 0 Å². The Bertz CT molecular complexity index is 308. The van der Waals surface area contributed by atoms with Crippen LogP contribution in [0.3, 0.4) is 0 Å². The molecular formula is C9H14N4. The van der Waals surface area contributed by atoms with Crippen LogP contribution in [-0.2, 0) is 19.5 Å². The Morgan fingerprint density at radius 3 is 3.00 bits per heavy atom. The van der Waals surface area contributed by atoms with E-state index in [4.69, 9.17) is 5.26 Å². The molecular weight excluding hydrogens is 164 g/mol. The molecule has 0 unspecified atom stereocenters. The van der Waals surface area contributed by atoms with Crippen molar-refractivity contribution < 1.29 is 0 Å². The van der Waals surface area contributed by atoms with Gasteiger partial charge in [0.2, 0.25) is 0 Å². The third kappa shape index (κ3) is 2.30. The SMILES string of the molecule is CCn1cc(CC#N)c(CNC)n1. The van der Waals surface area contributed by atoms with Gasteiger partial charge in [-0.3, -0.25) is 4.68 Å². The summed E-state index contributed by atoms with van der Waals surface area (Å²) >= 11 is 0. The lowest BCUT2D eigenvalue weighted by Crippen LogP contribution is -2.08. The van der Waals surface area contributed by atoms with E-state index in [1.54, 1.807) is 0 Å². The van der Waals surface area contributed by atoms with Crippen LogP contribution in [0.1, 0.15) is 18.2 Å². The number of nitrogens with zero attached hydrogens (tertiary/aromatic N) is 3. The van der Waals surface area contributed by atoms with Crippen molar-refractivity contribution in [3.8, 4) is 6.07 Å². The second kappa shape index (κ2) is 4.63. The molecule has 0 aliphatic carbocycles. The first-order chi connectivity index (χ1) is 6.31. The molecule has 0 fully saturated rings. The molecule has 4 nitrogen and oxygen atoms in total. The van der Waals surface area contributed by atoms with Crippen molar-refractivity contribution in [1.82, 2.24) is 15.1 Å². The van der Waals surface area contributed by atoms with Gasteiger partial charge in [0.25, 0.3) is 0 Å². The standard InChI is InChI=1S/C9H14N4/c1-3-13-7-8(4-5-10)9(12-13)6-11-2/h7,11H,3-4,6H2,1-2H3. The van der Waals surface area contributed by atoms with E-state index < -0.39 is 0 Å². The average molecular weight is 178 g/mol. The molecule has 0 spiro atoms. The van der Waals surface area contributed by atoms with E-state index >= 15 is 0 Å². The summed E-state index contributed by atoms with van der Waals surface area (Å²) in [6, 6.07) is 2.14. The fourth-order valence-electron chi connectivity index (χ4n) is 1.21. The summed E-state index contributed by atoms with van der Waals surface area (Å²) in [5.41, 5.74) is 2.00. The van der Waals surface area contributed by atoms with Crippen molar-refractivity contribution in [1.29, 1.82) is 5.26 Å². The quantitative estimate of drug-likeness (QED) is 0.738. The maximum Gasteiger partial charge on any atom is 0.0804 e. The Labute approximate surface area is 78.2 Å². The summed E-state index contributed by atoms with van der Waals surface area (Å²) in [6.45, 7) is 3.61. The molecule has 1 N–H and O–H groups in total. The maximum absolute atomic E-state index is 8.59. The number of rotatable bonds is 4. The molecule has 1 aromatic rings. The Morgan fingerprint density at radius 1 is 1.69 bits per heavy atom. The van der Waals surface area contributed by atoms with E-state index in [0.29, 0.717) is 6.42 Å². The summed E-state index contributed by atoms with van der Waals surface area (Å²) in [5, 5.41) is 16.0. The molecule has 0 bridgehead atoms. The monoisotopic (exact) mass is 178 g/mol. The Morgan fingerprint density at radius 2 is 2.46 bits per heavy atom. The largest absolute Gasteiger partial charge is 0.314 e. The molecule has 0 radical (unpaired) electrons. The van der Waals surface area contributed by atoms with E-state index in [1.807, 2.05) is 24.9 Å². The summed E-state index contributed by atoms with van der Waals surface area (Å²) in [5.74, 6) is 0. The van der Waals surface area contributed by atoms with Crippen LogP contribution in [0.2, 0.25) is 0 Å². The zero-order valence-corrected chi connectivity index (χ0v) is 8.04. The van der Waals surface area contributed by atoms with E-state index in [-0.39, 0.29) is 0 Å². The highest BCUT2D eigenvalue weighted by atomic mass is 15.3. The molecule has 0 atom stereocenters. The Kier molecular flexibility index (Phi) is 3.47. The lowest BCUT2D eigenvalue weighted by Gasteiger charge is -1.95. The highest BCUT2D eigenvalue weighted by Gasteiger charge is 2.06. The number of aromatic nitrogens is 2. The molecule has 0 aliphatic rings. The highest BCUT2D eigenvalue weighted by Crippen LogP contribution is 2.07. The minimum Gasteiger partial charge on any atom is -0.314 e. The average Bonchev–Trinajstić information content (AvgIpc) is 2.50. The van der Waals surface area contributed by atoms with Crippen molar-refractivity contribution in [2.75, 3.05) is 7.05 Å². The van der Waals surface area contributed by atoms with Crippen molar-refractivity contribution in [3.05, 3.63) is 17.5 Å². The smallest absolute Gasteiger partial charge is 0.0804 e. The zero-order chi connectivity index (χ0) is 9.68. The topological polar surface area (TPSA) is 53.6 Å². The molecule has 0 saturated heterocycles. The van der Waals surface area contributed by atoms with Gasteiger partial charge in [-0.15, -0.1) is 0 Å². The van der Waals surface area contributed by atoms with Crippen LogP contribution in [0.25, 0.3) is 0 Å². The first-order valence-electron chi connectivity index (χ1n) is 4.38. The van der Waals surface area contributed by atoms with Crippen LogP contribution < -0.4 is 5.32 Å². The molecule has 0 amide bonds. The van der Waals surface area contributed by atoms with Gasteiger partial charge in [-0.1, -0.05) is 0 Å². The third-order valence-corrected chi connectivity index (χ3v) is 1.86. The molecule has 1 rings (SSSR count). The minimum atomic E-state index is 0.441. The van der Waals surface area contributed by atoms with Crippen LogP contribution in [0.15, 0.2) is 6.20 Å². The first-order valence-corrected chi connectivity index (χ1v) is 4.38. The zero-order valence-electron chi connectivity index (χ0n) is 8.04. The molecule has 4 heteroatoms. The van der Waals surface area contributed by atoms with Crippen LogP contribution in [0, 0.1) is 11.3 Å². The maximum atomic E-state index is 8.59. The van der Waals surface area contributed by atoms with Crippen molar-refractivity contribution >= 4 is 0 Å². The van der Waals surface area contributed by atoms with Gasteiger partial charge in [0.1, 0.15) is 0 Å². The summed E-state index contributed by atoms with van der Waals surface area (Å²) in [7, 11) is 1.88. The Hall–Kier alpha value is -1.34. The van der Waals surface area contributed by atoms with Gasteiger partial charge in [0, 0.05) is 24.8 Å². The predicted octanol–water partition coefficient (Wildman–Crippen LogP) is 0.688. The summed E-state index contributed by atoms with van der Waals surface area (Å²) in [6.07, 6.45) is 2.38. The summed E-state index contributed by atoms with van der Waals surface area (Å²) < 4.78 is 1.86. The second-order valence-electron chi connectivity index (χ2n) is 2.82. The van der Waals surface area contributed by atoms with Gasteiger partial charge in [-0.25, -0.2) is 0 Å². The molecule has 13 heavy (non-hydrogen) atoms. The number of nitrogens with one attached hydrogen (secondary N) is 1. The number of hydrogen-bond acceptors (Lipinski definition) is 3. The van der Waals surface area contributed by atoms with Crippen LogP contribution in [0.5, 0.6) is 0 Å². The van der Waals surface area contributed by atoms with Gasteiger partial charge in [0.15, 0.2) is 0 Å². The third-order valence-electron chi connectivity index (χ3n) is 1.86.